The van der Waals surface area contributed by atoms with Crippen LogP contribution in [0, 0.1) is 5.41 Å². The van der Waals surface area contributed by atoms with Crippen LogP contribution in [0.15, 0.2) is 6.20 Å². The number of hydrogen-bond acceptors (Lipinski definition) is 3. The monoisotopic (exact) mass is 265 g/mol. The van der Waals surface area contributed by atoms with E-state index in [0.29, 0.717) is 18.0 Å². The van der Waals surface area contributed by atoms with E-state index in [1.54, 1.807) is 0 Å². The highest BCUT2D eigenvalue weighted by Crippen LogP contribution is 2.30. The average molecular weight is 265 g/mol. The Morgan fingerprint density at radius 2 is 2.26 bits per heavy atom. The van der Waals surface area contributed by atoms with Crippen molar-refractivity contribution in [3.8, 4) is 0 Å². The Labute approximate surface area is 116 Å². The summed E-state index contributed by atoms with van der Waals surface area (Å²) in [4.78, 5) is 0. The smallest absolute Gasteiger partial charge is 0.0644 e. The number of nitrogens with zero attached hydrogens (tertiary/aromatic N) is 2. The molecule has 0 fully saturated rings. The van der Waals surface area contributed by atoms with Crippen molar-refractivity contribution < 1.29 is 5.11 Å². The normalized spacial score (nSPS) is 19.5. The van der Waals surface area contributed by atoms with Gasteiger partial charge in [0, 0.05) is 17.3 Å². The molecule has 1 aliphatic rings. The van der Waals surface area contributed by atoms with E-state index >= 15 is 0 Å². The van der Waals surface area contributed by atoms with Crippen LogP contribution in [-0.2, 0) is 13.0 Å². The summed E-state index contributed by atoms with van der Waals surface area (Å²) in [7, 11) is 0. The molecular weight excluding hydrogens is 238 g/mol. The number of fused-ring (bicyclic) bond motifs is 1. The molecule has 1 aromatic rings. The maximum Gasteiger partial charge on any atom is 0.0644 e. The summed E-state index contributed by atoms with van der Waals surface area (Å²) in [6.07, 6.45) is 6.66. The van der Waals surface area contributed by atoms with Crippen molar-refractivity contribution in [3.63, 3.8) is 0 Å². The van der Waals surface area contributed by atoms with Gasteiger partial charge in [0.15, 0.2) is 0 Å². The maximum atomic E-state index is 9.06. The van der Waals surface area contributed by atoms with Gasteiger partial charge in [0.25, 0.3) is 0 Å². The van der Waals surface area contributed by atoms with Crippen LogP contribution < -0.4 is 5.32 Å². The molecule has 4 heteroatoms. The molecule has 2 N–H and O–H groups in total. The second-order valence-corrected chi connectivity index (χ2v) is 6.70. The van der Waals surface area contributed by atoms with Crippen molar-refractivity contribution in [2.24, 2.45) is 5.41 Å². The highest BCUT2D eigenvalue weighted by molar-refractivity contribution is 5.24. The van der Waals surface area contributed by atoms with E-state index in [1.807, 2.05) is 10.9 Å². The molecule has 1 aliphatic carbocycles. The van der Waals surface area contributed by atoms with Gasteiger partial charge in [-0.25, -0.2) is 0 Å². The largest absolute Gasteiger partial charge is 0.394 e. The predicted octanol–water partition coefficient (Wildman–Crippen LogP) is 2.28. The van der Waals surface area contributed by atoms with Gasteiger partial charge in [0.2, 0.25) is 0 Å². The van der Waals surface area contributed by atoms with Gasteiger partial charge in [-0.2, -0.15) is 5.10 Å². The van der Waals surface area contributed by atoms with Crippen LogP contribution in [0.2, 0.25) is 0 Å². The van der Waals surface area contributed by atoms with Crippen molar-refractivity contribution in [2.75, 3.05) is 13.2 Å². The van der Waals surface area contributed by atoms with Crippen molar-refractivity contribution in [2.45, 2.75) is 59.0 Å². The van der Waals surface area contributed by atoms with Crippen LogP contribution in [-0.4, -0.2) is 28.0 Å². The second kappa shape index (κ2) is 6.06. The van der Waals surface area contributed by atoms with E-state index < -0.39 is 0 Å². The van der Waals surface area contributed by atoms with E-state index in [4.69, 9.17) is 5.11 Å². The summed E-state index contributed by atoms with van der Waals surface area (Å²) < 4.78 is 1.97. The molecule has 0 aliphatic heterocycles. The number of aliphatic hydroxyl groups is 1. The Bertz CT molecular complexity index is 406. The summed E-state index contributed by atoms with van der Waals surface area (Å²) in [5, 5.41) is 17.1. The molecule has 1 heterocycles. The quantitative estimate of drug-likeness (QED) is 0.858. The first-order valence-corrected chi connectivity index (χ1v) is 7.40. The molecular formula is C15H27N3O. The molecule has 0 bridgehead atoms. The summed E-state index contributed by atoms with van der Waals surface area (Å²) in [5.74, 6) is 0. The van der Waals surface area contributed by atoms with Gasteiger partial charge in [-0.3, -0.25) is 4.68 Å². The van der Waals surface area contributed by atoms with Crippen LogP contribution in [0.5, 0.6) is 0 Å². The fraction of sp³-hybridized carbons (Fsp3) is 0.800. The minimum absolute atomic E-state index is 0.163. The Balaban J connectivity index is 1.98. The zero-order valence-corrected chi connectivity index (χ0v) is 12.4. The average Bonchev–Trinajstić information content (AvgIpc) is 2.73. The summed E-state index contributed by atoms with van der Waals surface area (Å²) in [6, 6.07) is 0.443. The minimum atomic E-state index is 0.163. The zero-order chi connectivity index (χ0) is 13.9. The van der Waals surface area contributed by atoms with Gasteiger partial charge >= 0.3 is 0 Å². The van der Waals surface area contributed by atoms with E-state index in [-0.39, 0.29) is 6.61 Å². The molecule has 0 radical (unpaired) electrons. The summed E-state index contributed by atoms with van der Waals surface area (Å²) in [6.45, 7) is 8.67. The molecule has 1 aromatic heterocycles. The first kappa shape index (κ1) is 14.5. The highest BCUT2D eigenvalue weighted by atomic mass is 16.3. The first-order chi connectivity index (χ1) is 9.01. The molecule has 0 spiro atoms. The molecule has 19 heavy (non-hydrogen) atoms. The van der Waals surface area contributed by atoms with E-state index in [1.165, 1.54) is 30.5 Å². The zero-order valence-electron chi connectivity index (χ0n) is 12.4. The molecule has 0 aromatic carbocycles. The van der Waals surface area contributed by atoms with Crippen molar-refractivity contribution in [1.29, 1.82) is 0 Å². The lowest BCUT2D eigenvalue weighted by molar-refractivity contribution is 0.266. The number of aliphatic hydroxyl groups excluding tert-OH is 1. The van der Waals surface area contributed by atoms with E-state index in [9.17, 15) is 0 Å². The third-order valence-electron chi connectivity index (χ3n) is 3.84. The Hall–Kier alpha value is -0.870. The Morgan fingerprint density at radius 1 is 1.47 bits per heavy atom. The number of nitrogens with one attached hydrogen (secondary N) is 1. The second-order valence-electron chi connectivity index (χ2n) is 6.70. The fourth-order valence-corrected chi connectivity index (χ4v) is 2.74. The van der Waals surface area contributed by atoms with Gasteiger partial charge < -0.3 is 10.4 Å². The molecule has 2 rings (SSSR count). The first-order valence-electron chi connectivity index (χ1n) is 7.40. The SMILES string of the molecule is CC(C)(C)CCNC1CCCc2c1cnn2CCO. The molecule has 108 valence electrons. The molecule has 1 unspecified atom stereocenters. The lowest BCUT2D eigenvalue weighted by atomic mass is 9.90. The lowest BCUT2D eigenvalue weighted by Gasteiger charge is -2.26. The van der Waals surface area contributed by atoms with Crippen molar-refractivity contribution >= 4 is 0 Å². The predicted molar refractivity (Wildman–Crippen MR) is 77.1 cm³/mol. The molecule has 4 nitrogen and oxygen atoms in total. The topological polar surface area (TPSA) is 50.1 Å². The Morgan fingerprint density at radius 3 is 2.95 bits per heavy atom. The fourth-order valence-electron chi connectivity index (χ4n) is 2.74. The van der Waals surface area contributed by atoms with Crippen LogP contribution >= 0.6 is 0 Å². The van der Waals surface area contributed by atoms with Crippen LogP contribution in [0.4, 0.5) is 0 Å². The van der Waals surface area contributed by atoms with E-state index in [0.717, 1.165) is 13.0 Å². The van der Waals surface area contributed by atoms with Gasteiger partial charge in [-0.05, 0) is 37.6 Å². The lowest BCUT2D eigenvalue weighted by Crippen LogP contribution is -2.28. The molecule has 0 amide bonds. The van der Waals surface area contributed by atoms with Crippen LogP contribution in [0.25, 0.3) is 0 Å². The Kier molecular flexibility index (Phi) is 4.63. The standard InChI is InChI=1S/C15H27N3O/c1-15(2,3)7-8-16-13-5-4-6-14-12(13)11-17-18(14)9-10-19/h11,13,16,19H,4-10H2,1-3H3. The summed E-state index contributed by atoms with van der Waals surface area (Å²) >= 11 is 0. The van der Waals surface area contributed by atoms with E-state index in [2.05, 4.69) is 31.2 Å². The minimum Gasteiger partial charge on any atom is -0.394 e. The third-order valence-corrected chi connectivity index (χ3v) is 3.84. The van der Waals surface area contributed by atoms with Gasteiger partial charge in [-0.15, -0.1) is 0 Å². The third kappa shape index (κ3) is 3.80. The van der Waals surface area contributed by atoms with Crippen LogP contribution in [0.3, 0.4) is 0 Å². The number of aromatic nitrogens is 2. The van der Waals surface area contributed by atoms with Crippen molar-refractivity contribution in [3.05, 3.63) is 17.5 Å². The molecule has 0 saturated heterocycles. The van der Waals surface area contributed by atoms with Gasteiger partial charge in [0.1, 0.15) is 0 Å². The highest BCUT2D eigenvalue weighted by Gasteiger charge is 2.24. The molecule has 1 atom stereocenters. The molecule has 0 saturated carbocycles. The summed E-state index contributed by atoms with van der Waals surface area (Å²) in [5.41, 5.74) is 3.04. The van der Waals surface area contributed by atoms with Crippen LogP contribution in [0.1, 0.15) is 57.3 Å². The van der Waals surface area contributed by atoms with Gasteiger partial charge in [-0.1, -0.05) is 20.8 Å². The number of hydrogen-bond donors (Lipinski definition) is 2. The maximum absolute atomic E-state index is 9.06. The van der Waals surface area contributed by atoms with Gasteiger partial charge in [0.05, 0.1) is 19.3 Å². The number of rotatable bonds is 5. The van der Waals surface area contributed by atoms with Crippen molar-refractivity contribution in [1.82, 2.24) is 15.1 Å².